The summed E-state index contributed by atoms with van der Waals surface area (Å²) in [6.07, 6.45) is 21.1. The van der Waals surface area contributed by atoms with Gasteiger partial charge >= 0.3 is 11.9 Å². The molecule has 0 aliphatic heterocycles. The fraction of sp³-hybridized carbons (Fsp3) is 0.739. The van der Waals surface area contributed by atoms with Gasteiger partial charge in [0.1, 0.15) is 6.61 Å². The molecule has 0 aromatic heterocycles. The van der Waals surface area contributed by atoms with Crippen molar-refractivity contribution in [2.75, 3.05) is 6.61 Å². The fourth-order valence-corrected chi connectivity index (χ4v) is 3.06. The highest BCUT2D eigenvalue weighted by Gasteiger charge is 2.22. The summed E-state index contributed by atoms with van der Waals surface area (Å²) in [6, 6.07) is 0. The molecule has 0 spiro atoms. The van der Waals surface area contributed by atoms with Crippen molar-refractivity contribution in [2.24, 2.45) is 5.92 Å². The van der Waals surface area contributed by atoms with Gasteiger partial charge in [-0.1, -0.05) is 89.5 Å². The standard InChI is InChI=1S/C23H40O4/c1-3-5-6-7-8-9-10-11-12-13-14-15-16-17-18-21(20-22(24)25)23(26)27-19-4-2/h4,15-16,21H,2-3,5-14,17-20H2,1H3,(H,24,25)/b16-15+. The van der Waals surface area contributed by atoms with Crippen LogP contribution in [-0.4, -0.2) is 23.7 Å². The summed E-state index contributed by atoms with van der Waals surface area (Å²) in [7, 11) is 0. The molecule has 1 unspecified atom stereocenters. The zero-order chi connectivity index (χ0) is 20.2. The number of carbonyl (C=O) groups is 2. The molecule has 0 bridgehead atoms. The summed E-state index contributed by atoms with van der Waals surface area (Å²) in [6.45, 7) is 5.87. The number of hydrogen-bond donors (Lipinski definition) is 1. The fourth-order valence-electron chi connectivity index (χ4n) is 3.06. The Labute approximate surface area is 166 Å². The number of unbranched alkanes of at least 4 members (excludes halogenated alkanes) is 10. The number of rotatable bonds is 19. The minimum Gasteiger partial charge on any atom is -0.481 e. The van der Waals surface area contributed by atoms with Crippen molar-refractivity contribution in [2.45, 2.75) is 96.8 Å². The molecular weight excluding hydrogens is 340 g/mol. The van der Waals surface area contributed by atoms with Gasteiger partial charge in [-0.25, -0.2) is 0 Å². The Kier molecular flexibility index (Phi) is 18.1. The first-order chi connectivity index (χ1) is 13.1. The maximum Gasteiger partial charge on any atom is 0.309 e. The van der Waals surface area contributed by atoms with E-state index in [4.69, 9.17) is 9.84 Å². The highest BCUT2D eigenvalue weighted by molar-refractivity contribution is 5.79. The average Bonchev–Trinajstić information content (AvgIpc) is 2.65. The van der Waals surface area contributed by atoms with Crippen LogP contribution in [0.4, 0.5) is 0 Å². The van der Waals surface area contributed by atoms with E-state index in [1.165, 1.54) is 70.3 Å². The summed E-state index contributed by atoms with van der Waals surface area (Å²) in [4.78, 5) is 22.7. The normalized spacial score (nSPS) is 12.2. The van der Waals surface area contributed by atoms with Gasteiger partial charge in [0.15, 0.2) is 0 Å². The lowest BCUT2D eigenvalue weighted by Crippen LogP contribution is -2.21. The number of carboxylic acid groups (broad SMARTS) is 1. The predicted molar refractivity (Wildman–Crippen MR) is 112 cm³/mol. The zero-order valence-electron chi connectivity index (χ0n) is 17.3. The highest BCUT2D eigenvalue weighted by atomic mass is 16.5. The smallest absolute Gasteiger partial charge is 0.309 e. The molecule has 0 fully saturated rings. The third-order valence-corrected chi connectivity index (χ3v) is 4.67. The summed E-state index contributed by atoms with van der Waals surface area (Å²) >= 11 is 0. The van der Waals surface area contributed by atoms with Gasteiger partial charge in [-0.2, -0.15) is 0 Å². The molecule has 0 aliphatic rings. The Morgan fingerprint density at radius 2 is 1.48 bits per heavy atom. The molecule has 0 amide bonds. The summed E-state index contributed by atoms with van der Waals surface area (Å²) < 4.78 is 4.98. The quantitative estimate of drug-likeness (QED) is 0.159. The van der Waals surface area contributed by atoms with E-state index < -0.39 is 17.9 Å². The van der Waals surface area contributed by atoms with Gasteiger partial charge in [-0.3, -0.25) is 9.59 Å². The van der Waals surface area contributed by atoms with Gasteiger partial charge in [0, 0.05) is 0 Å². The van der Waals surface area contributed by atoms with E-state index in [1.807, 2.05) is 0 Å². The van der Waals surface area contributed by atoms with E-state index in [-0.39, 0.29) is 13.0 Å². The van der Waals surface area contributed by atoms with Gasteiger partial charge in [0.2, 0.25) is 0 Å². The van der Waals surface area contributed by atoms with Crippen LogP contribution in [0, 0.1) is 5.92 Å². The lowest BCUT2D eigenvalue weighted by atomic mass is 9.99. The van der Waals surface area contributed by atoms with Gasteiger partial charge in [0.25, 0.3) is 0 Å². The molecule has 0 saturated heterocycles. The van der Waals surface area contributed by atoms with Crippen molar-refractivity contribution in [3.63, 3.8) is 0 Å². The predicted octanol–water partition coefficient (Wildman–Crippen LogP) is 6.45. The maximum absolute atomic E-state index is 11.8. The monoisotopic (exact) mass is 380 g/mol. The molecule has 4 nitrogen and oxygen atoms in total. The summed E-state index contributed by atoms with van der Waals surface area (Å²) in [5, 5.41) is 8.93. The molecule has 0 rings (SSSR count). The van der Waals surface area contributed by atoms with Gasteiger partial charge < -0.3 is 9.84 Å². The van der Waals surface area contributed by atoms with E-state index >= 15 is 0 Å². The summed E-state index contributed by atoms with van der Waals surface area (Å²) in [5.74, 6) is -1.99. The number of carbonyl (C=O) groups excluding carboxylic acids is 1. The van der Waals surface area contributed by atoms with Crippen molar-refractivity contribution in [1.29, 1.82) is 0 Å². The molecule has 156 valence electrons. The first kappa shape index (κ1) is 25.4. The number of hydrogen-bond acceptors (Lipinski definition) is 3. The molecule has 0 aromatic carbocycles. The van der Waals surface area contributed by atoms with Crippen LogP contribution in [-0.2, 0) is 14.3 Å². The van der Waals surface area contributed by atoms with E-state index in [2.05, 4.69) is 25.7 Å². The number of carboxylic acids is 1. The third-order valence-electron chi connectivity index (χ3n) is 4.67. The van der Waals surface area contributed by atoms with Crippen LogP contribution < -0.4 is 0 Å². The Morgan fingerprint density at radius 3 is 2.04 bits per heavy atom. The Morgan fingerprint density at radius 1 is 0.926 bits per heavy atom. The topological polar surface area (TPSA) is 63.6 Å². The maximum atomic E-state index is 11.8. The Hall–Kier alpha value is -1.58. The molecule has 0 heterocycles. The van der Waals surface area contributed by atoms with Crippen LogP contribution >= 0.6 is 0 Å². The van der Waals surface area contributed by atoms with Crippen LogP contribution in [0.25, 0.3) is 0 Å². The minimum atomic E-state index is -0.968. The lowest BCUT2D eigenvalue weighted by Gasteiger charge is -2.12. The van der Waals surface area contributed by atoms with Crippen LogP contribution in [0.15, 0.2) is 24.8 Å². The third kappa shape index (κ3) is 17.6. The molecule has 0 aliphatic carbocycles. The molecule has 1 N–H and O–H groups in total. The SMILES string of the molecule is C=CCOC(=O)C(CC/C=C/CCCCCCCCCCCC)CC(=O)O. The first-order valence-electron chi connectivity index (χ1n) is 10.8. The molecule has 1 atom stereocenters. The second-order valence-electron chi connectivity index (χ2n) is 7.23. The van der Waals surface area contributed by atoms with E-state index in [0.717, 1.165) is 6.42 Å². The lowest BCUT2D eigenvalue weighted by molar-refractivity contribution is -0.152. The Bertz CT molecular complexity index is 415. The largest absolute Gasteiger partial charge is 0.481 e. The molecule has 27 heavy (non-hydrogen) atoms. The van der Waals surface area contributed by atoms with Crippen molar-refractivity contribution in [3.8, 4) is 0 Å². The van der Waals surface area contributed by atoms with Crippen molar-refractivity contribution < 1.29 is 19.4 Å². The molecule has 0 saturated carbocycles. The zero-order valence-corrected chi connectivity index (χ0v) is 17.3. The highest BCUT2D eigenvalue weighted by Crippen LogP contribution is 2.15. The molecule has 0 radical (unpaired) electrons. The van der Waals surface area contributed by atoms with Gasteiger partial charge in [-0.05, 0) is 25.7 Å². The first-order valence-corrected chi connectivity index (χ1v) is 10.8. The van der Waals surface area contributed by atoms with Crippen molar-refractivity contribution >= 4 is 11.9 Å². The van der Waals surface area contributed by atoms with E-state index in [9.17, 15) is 9.59 Å². The minimum absolute atomic E-state index is 0.129. The molecular formula is C23H40O4. The van der Waals surface area contributed by atoms with Crippen LogP contribution in [0.2, 0.25) is 0 Å². The van der Waals surface area contributed by atoms with E-state index in [1.54, 1.807) is 0 Å². The number of aliphatic carboxylic acids is 1. The van der Waals surface area contributed by atoms with Crippen molar-refractivity contribution in [3.05, 3.63) is 24.8 Å². The average molecular weight is 381 g/mol. The molecule has 4 heteroatoms. The van der Waals surface area contributed by atoms with Gasteiger partial charge in [-0.15, -0.1) is 0 Å². The second kappa shape index (κ2) is 19.2. The van der Waals surface area contributed by atoms with Crippen LogP contribution in [0.5, 0.6) is 0 Å². The van der Waals surface area contributed by atoms with Crippen molar-refractivity contribution in [1.82, 2.24) is 0 Å². The van der Waals surface area contributed by atoms with Gasteiger partial charge in [0.05, 0.1) is 12.3 Å². The Balaban J connectivity index is 3.68. The number of esters is 1. The molecule has 0 aromatic rings. The van der Waals surface area contributed by atoms with E-state index in [0.29, 0.717) is 12.8 Å². The second-order valence-corrected chi connectivity index (χ2v) is 7.23. The van der Waals surface area contributed by atoms with Crippen LogP contribution in [0.3, 0.4) is 0 Å². The number of ether oxygens (including phenoxy) is 1. The number of allylic oxidation sites excluding steroid dienone is 2. The van der Waals surface area contributed by atoms with Crippen LogP contribution in [0.1, 0.15) is 96.8 Å². The summed E-state index contributed by atoms with van der Waals surface area (Å²) in [5.41, 5.74) is 0.